The Kier molecular flexibility index (Phi) is 11.0. The summed E-state index contributed by atoms with van der Waals surface area (Å²) in [5, 5.41) is 0. The fourth-order valence-electron chi connectivity index (χ4n) is 3.18. The quantitative estimate of drug-likeness (QED) is 0.300. The minimum absolute atomic E-state index is 0. The fraction of sp³-hybridized carbons (Fsp3) is 0.750. The van der Waals surface area contributed by atoms with Gasteiger partial charge in [-0.3, -0.25) is 9.28 Å². The lowest BCUT2D eigenvalue weighted by Gasteiger charge is -2.36. The third kappa shape index (κ3) is 8.05. The first-order valence-corrected chi connectivity index (χ1v) is 10.8. The molecule has 0 amide bonds. The third-order valence-electron chi connectivity index (χ3n) is 4.72. The van der Waals surface area contributed by atoms with Gasteiger partial charge in [-0.1, -0.05) is 46.1 Å². The monoisotopic (exact) mass is 431 g/mol. The maximum absolute atomic E-state index is 11.9. The number of likely N-dealkylation sites (N-methyl/N-ethyl adjacent to an activating group) is 1. The second-order valence-electron chi connectivity index (χ2n) is 8.09. The lowest BCUT2D eigenvalue weighted by Crippen LogP contribution is -3.00. The predicted octanol–water partition coefficient (Wildman–Crippen LogP) is 1.28. The normalized spacial score (nSPS) is 19.1. The summed E-state index contributed by atoms with van der Waals surface area (Å²) in [4.78, 5) is 11.9. The lowest BCUT2D eigenvalue weighted by atomic mass is 10.1. The van der Waals surface area contributed by atoms with Crippen molar-refractivity contribution in [1.82, 2.24) is 8.75 Å². The Labute approximate surface area is 179 Å². The summed E-state index contributed by atoms with van der Waals surface area (Å²) in [6.45, 7) is 9.05. The van der Waals surface area contributed by atoms with Crippen LogP contribution in [0.5, 0.6) is 5.88 Å². The average molecular weight is 432 g/mol. The van der Waals surface area contributed by atoms with Gasteiger partial charge in [0.05, 0.1) is 31.9 Å². The summed E-state index contributed by atoms with van der Waals surface area (Å²) >= 11 is 1.20. The van der Waals surface area contributed by atoms with Gasteiger partial charge in [0.15, 0.2) is 0 Å². The molecule has 1 aromatic rings. The molecule has 160 valence electrons. The van der Waals surface area contributed by atoms with Gasteiger partial charge in [-0.15, -0.1) is 4.37 Å². The molecule has 0 radical (unpaired) electrons. The number of aromatic nitrogens is 2. The van der Waals surface area contributed by atoms with Crippen molar-refractivity contribution in [3.63, 3.8) is 0 Å². The van der Waals surface area contributed by atoms with E-state index in [1.165, 1.54) is 31.0 Å². The number of carbonyl (C=O) groups is 1. The molecule has 0 spiro atoms. The van der Waals surface area contributed by atoms with Crippen LogP contribution in [-0.4, -0.2) is 52.7 Å². The van der Waals surface area contributed by atoms with Gasteiger partial charge in [-0.25, -0.2) is 0 Å². The molecule has 0 N–H and O–H groups in total. The second kappa shape index (κ2) is 12.4. The van der Waals surface area contributed by atoms with Crippen molar-refractivity contribution < 1.29 is 31.2 Å². The van der Waals surface area contributed by atoms with Crippen molar-refractivity contribution in [3.8, 4) is 5.88 Å². The zero-order valence-corrected chi connectivity index (χ0v) is 19.2. The molecule has 0 bridgehead atoms. The maximum atomic E-state index is 11.9. The van der Waals surface area contributed by atoms with Gasteiger partial charge in [0, 0.05) is 18.4 Å². The molecular weight excluding hydrogens is 398 g/mol. The number of nitrogens with zero attached hydrogens (tertiary/aromatic N) is 3. The largest absolute Gasteiger partial charge is 1.00 e. The second-order valence-corrected chi connectivity index (χ2v) is 8.62. The predicted molar refractivity (Wildman–Crippen MR) is 108 cm³/mol. The molecule has 0 aromatic carbocycles. The van der Waals surface area contributed by atoms with Crippen LogP contribution in [0, 0.1) is 5.92 Å². The van der Waals surface area contributed by atoms with E-state index in [-0.39, 0.29) is 18.4 Å². The summed E-state index contributed by atoms with van der Waals surface area (Å²) in [6.07, 6.45) is 8.30. The van der Waals surface area contributed by atoms with E-state index in [0.29, 0.717) is 36.0 Å². The van der Waals surface area contributed by atoms with Gasteiger partial charge < -0.3 is 21.9 Å². The van der Waals surface area contributed by atoms with E-state index in [1.807, 2.05) is 13.8 Å². The number of quaternary nitrogens is 1. The van der Waals surface area contributed by atoms with Crippen LogP contribution in [-0.2, 0) is 9.53 Å². The van der Waals surface area contributed by atoms with Gasteiger partial charge in [0.25, 0.3) is 5.88 Å². The molecule has 6 nitrogen and oxygen atoms in total. The van der Waals surface area contributed by atoms with E-state index in [0.717, 1.165) is 37.2 Å². The van der Waals surface area contributed by atoms with Crippen molar-refractivity contribution in [3.05, 3.63) is 11.8 Å². The van der Waals surface area contributed by atoms with Gasteiger partial charge in [0.2, 0.25) is 6.73 Å². The first kappa shape index (κ1) is 24.9. The Morgan fingerprint density at radius 1 is 1.29 bits per heavy atom. The highest BCUT2D eigenvalue weighted by atomic mass is 35.5. The van der Waals surface area contributed by atoms with E-state index in [9.17, 15) is 4.79 Å². The van der Waals surface area contributed by atoms with Crippen LogP contribution in [0.2, 0.25) is 0 Å². The molecular formula is C20H34ClN3O3S. The summed E-state index contributed by atoms with van der Waals surface area (Å²) in [7, 11) is 2.13. The SMILES string of the molecule is CCCCCCOc1nsnc1C1=CCC[N+](C)(COC(=O)CC(C)C)C1.[Cl-]. The van der Waals surface area contributed by atoms with E-state index >= 15 is 0 Å². The van der Waals surface area contributed by atoms with Crippen LogP contribution in [0.3, 0.4) is 0 Å². The first-order valence-electron chi connectivity index (χ1n) is 10.1. The molecule has 1 aliphatic heterocycles. The van der Waals surface area contributed by atoms with Crippen LogP contribution in [0.25, 0.3) is 5.57 Å². The van der Waals surface area contributed by atoms with Crippen LogP contribution in [0.15, 0.2) is 6.08 Å². The molecule has 0 saturated heterocycles. The molecule has 1 aliphatic rings. The number of carbonyl (C=O) groups excluding carboxylic acids is 1. The molecule has 0 aliphatic carbocycles. The molecule has 0 fully saturated rings. The number of unbranched alkanes of at least 4 members (excludes halogenated alkanes) is 3. The van der Waals surface area contributed by atoms with Gasteiger partial charge in [-0.05, 0) is 12.3 Å². The minimum Gasteiger partial charge on any atom is -1.00 e. The molecule has 1 atom stereocenters. The number of ether oxygens (including phenoxy) is 2. The topological polar surface area (TPSA) is 61.3 Å². The number of hydrogen-bond acceptors (Lipinski definition) is 6. The Morgan fingerprint density at radius 3 is 2.79 bits per heavy atom. The number of hydrogen-bond donors (Lipinski definition) is 0. The van der Waals surface area contributed by atoms with E-state index in [2.05, 4.69) is 28.8 Å². The standard InChI is InChI=1S/C20H34N3O3S.ClH/c1-5-6-7-8-12-25-20-19(21-27-22-20)17-10-9-11-23(4,14-17)15-26-18(24)13-16(2)3;/h10,16H,5-9,11-15H2,1-4H3;1H/q+1;/p-1. The average Bonchev–Trinajstić information content (AvgIpc) is 3.08. The Morgan fingerprint density at radius 2 is 2.07 bits per heavy atom. The summed E-state index contributed by atoms with van der Waals surface area (Å²) < 4.78 is 20.9. The summed E-state index contributed by atoms with van der Waals surface area (Å²) in [6, 6.07) is 0. The van der Waals surface area contributed by atoms with Gasteiger partial charge >= 0.3 is 5.97 Å². The van der Waals surface area contributed by atoms with Crippen molar-refractivity contribution in [2.75, 3.05) is 33.5 Å². The van der Waals surface area contributed by atoms with Crippen molar-refractivity contribution in [2.45, 2.75) is 59.3 Å². The molecule has 1 unspecified atom stereocenters. The zero-order chi connectivity index (χ0) is 19.7. The molecule has 2 rings (SSSR count). The van der Waals surface area contributed by atoms with E-state index in [4.69, 9.17) is 9.47 Å². The van der Waals surface area contributed by atoms with Crippen LogP contribution in [0.1, 0.15) is 65.0 Å². The Balaban J connectivity index is 0.00000392. The highest BCUT2D eigenvalue weighted by molar-refractivity contribution is 6.99. The molecule has 0 saturated carbocycles. The van der Waals surface area contributed by atoms with E-state index < -0.39 is 0 Å². The Bertz CT molecular complexity index is 636. The lowest BCUT2D eigenvalue weighted by molar-refractivity contribution is -0.919. The zero-order valence-electron chi connectivity index (χ0n) is 17.6. The first-order chi connectivity index (χ1) is 12.9. The smallest absolute Gasteiger partial charge is 0.310 e. The van der Waals surface area contributed by atoms with Gasteiger partial charge in [-0.2, -0.15) is 4.37 Å². The highest BCUT2D eigenvalue weighted by Gasteiger charge is 2.31. The molecule has 28 heavy (non-hydrogen) atoms. The number of rotatable bonds is 11. The van der Waals surface area contributed by atoms with Crippen LogP contribution < -0.4 is 17.1 Å². The van der Waals surface area contributed by atoms with Crippen molar-refractivity contribution in [2.24, 2.45) is 5.92 Å². The molecule has 2 heterocycles. The van der Waals surface area contributed by atoms with E-state index in [1.54, 1.807) is 0 Å². The van der Waals surface area contributed by atoms with Crippen LogP contribution >= 0.6 is 11.7 Å². The highest BCUT2D eigenvalue weighted by Crippen LogP contribution is 2.30. The minimum atomic E-state index is -0.119. The fourth-order valence-corrected chi connectivity index (χ4v) is 3.71. The van der Waals surface area contributed by atoms with Crippen molar-refractivity contribution >= 4 is 23.3 Å². The third-order valence-corrected chi connectivity index (χ3v) is 5.23. The summed E-state index contributed by atoms with van der Waals surface area (Å²) in [5.41, 5.74) is 1.99. The molecule has 1 aromatic heterocycles. The number of halogens is 1. The summed E-state index contributed by atoms with van der Waals surface area (Å²) in [5.74, 6) is 0.845. The maximum Gasteiger partial charge on any atom is 0.310 e. The van der Waals surface area contributed by atoms with Crippen LogP contribution in [0.4, 0.5) is 0 Å². The Hall–Kier alpha value is -1.18. The van der Waals surface area contributed by atoms with Gasteiger partial charge in [0.1, 0.15) is 12.2 Å². The molecule has 8 heteroatoms. The number of esters is 1. The van der Waals surface area contributed by atoms with Crippen molar-refractivity contribution in [1.29, 1.82) is 0 Å².